The van der Waals surface area contributed by atoms with E-state index in [0.717, 1.165) is 11.7 Å². The Hall–Kier alpha value is -3.30. The summed E-state index contributed by atoms with van der Waals surface area (Å²) in [5, 5.41) is 14.2. The van der Waals surface area contributed by atoms with Gasteiger partial charge in [0.25, 0.3) is 0 Å². The van der Waals surface area contributed by atoms with Crippen LogP contribution in [0.5, 0.6) is 5.75 Å². The zero-order chi connectivity index (χ0) is 20.0. The van der Waals surface area contributed by atoms with Crippen molar-refractivity contribution in [3.8, 4) is 5.75 Å². The van der Waals surface area contributed by atoms with Crippen LogP contribution in [-0.4, -0.2) is 40.8 Å². The van der Waals surface area contributed by atoms with Gasteiger partial charge >= 0.3 is 6.18 Å². The molecule has 0 fully saturated rings. The molecule has 10 heteroatoms. The van der Waals surface area contributed by atoms with Crippen LogP contribution in [-0.2, 0) is 12.7 Å². The van der Waals surface area contributed by atoms with E-state index in [9.17, 15) is 13.2 Å². The van der Waals surface area contributed by atoms with Crippen molar-refractivity contribution in [3.63, 3.8) is 0 Å². The first kappa shape index (κ1) is 19.5. The Morgan fingerprint density at radius 2 is 1.89 bits per heavy atom. The molecule has 0 bridgehead atoms. The highest BCUT2D eigenvalue weighted by molar-refractivity contribution is 5.79. The van der Waals surface area contributed by atoms with Gasteiger partial charge < -0.3 is 15.4 Å². The van der Waals surface area contributed by atoms with Crippen molar-refractivity contribution in [1.29, 1.82) is 0 Å². The summed E-state index contributed by atoms with van der Waals surface area (Å²) in [7, 11) is 1.59. The highest BCUT2D eigenvalue weighted by atomic mass is 19.4. The van der Waals surface area contributed by atoms with E-state index in [0.29, 0.717) is 18.3 Å². The quantitative estimate of drug-likeness (QED) is 0.383. The molecule has 0 unspecified atom stereocenters. The third-order valence-electron chi connectivity index (χ3n) is 3.87. The standard InChI is InChI=1S/C18H19F3N6O/c1-22-17(24-12-16-26-25-15-8-4-5-10-27(15)16)23-9-11-28-14-7-3-2-6-13(14)18(19,20)21/h2-8,10H,9,11-12H2,1H3,(H2,22,23,24). The summed E-state index contributed by atoms with van der Waals surface area (Å²) >= 11 is 0. The first-order valence-electron chi connectivity index (χ1n) is 8.51. The molecule has 0 saturated carbocycles. The second-order valence-corrected chi connectivity index (χ2v) is 5.74. The number of halogens is 3. The lowest BCUT2D eigenvalue weighted by Crippen LogP contribution is -2.39. The van der Waals surface area contributed by atoms with Crippen molar-refractivity contribution >= 4 is 11.6 Å². The van der Waals surface area contributed by atoms with E-state index >= 15 is 0 Å². The van der Waals surface area contributed by atoms with Gasteiger partial charge in [0.2, 0.25) is 0 Å². The fourth-order valence-electron chi connectivity index (χ4n) is 2.55. The number of aliphatic imine (C=N–C) groups is 1. The van der Waals surface area contributed by atoms with E-state index in [4.69, 9.17) is 4.74 Å². The lowest BCUT2D eigenvalue weighted by Gasteiger charge is -2.15. The van der Waals surface area contributed by atoms with Gasteiger partial charge in [-0.05, 0) is 24.3 Å². The molecule has 0 atom stereocenters. The molecular formula is C18H19F3N6O. The number of nitrogens with one attached hydrogen (secondary N) is 2. The third kappa shape index (κ3) is 4.70. The number of pyridine rings is 1. The maximum absolute atomic E-state index is 12.9. The number of ether oxygens (including phenoxy) is 1. The monoisotopic (exact) mass is 392 g/mol. The Balaban J connectivity index is 1.49. The van der Waals surface area contributed by atoms with E-state index in [1.165, 1.54) is 18.2 Å². The van der Waals surface area contributed by atoms with Crippen LogP contribution in [0.1, 0.15) is 11.4 Å². The summed E-state index contributed by atoms with van der Waals surface area (Å²) in [6.07, 6.45) is -2.60. The molecule has 3 rings (SSSR count). The highest BCUT2D eigenvalue weighted by Gasteiger charge is 2.33. The van der Waals surface area contributed by atoms with E-state index in [1.807, 2.05) is 28.8 Å². The van der Waals surface area contributed by atoms with Gasteiger partial charge in [-0.15, -0.1) is 10.2 Å². The third-order valence-corrected chi connectivity index (χ3v) is 3.87. The summed E-state index contributed by atoms with van der Waals surface area (Å²) in [4.78, 5) is 4.07. The van der Waals surface area contributed by atoms with Gasteiger partial charge in [0.1, 0.15) is 12.4 Å². The van der Waals surface area contributed by atoms with Gasteiger partial charge in [0, 0.05) is 13.2 Å². The zero-order valence-electron chi connectivity index (χ0n) is 15.1. The van der Waals surface area contributed by atoms with Crippen molar-refractivity contribution in [2.45, 2.75) is 12.7 Å². The van der Waals surface area contributed by atoms with Crippen molar-refractivity contribution in [2.24, 2.45) is 4.99 Å². The van der Waals surface area contributed by atoms with Gasteiger partial charge in [-0.1, -0.05) is 18.2 Å². The van der Waals surface area contributed by atoms with Gasteiger partial charge in [-0.25, -0.2) is 0 Å². The number of alkyl halides is 3. The SMILES string of the molecule is CN=C(NCCOc1ccccc1C(F)(F)F)NCc1nnc2ccccn12. The number of hydrogen-bond acceptors (Lipinski definition) is 4. The van der Waals surface area contributed by atoms with Crippen LogP contribution < -0.4 is 15.4 Å². The van der Waals surface area contributed by atoms with Crippen LogP contribution >= 0.6 is 0 Å². The summed E-state index contributed by atoms with van der Waals surface area (Å²) in [5.74, 6) is 0.976. The average molecular weight is 392 g/mol. The van der Waals surface area contributed by atoms with E-state index < -0.39 is 11.7 Å². The van der Waals surface area contributed by atoms with Gasteiger partial charge in [0.15, 0.2) is 17.4 Å². The molecule has 3 aromatic rings. The normalized spacial score (nSPS) is 12.2. The van der Waals surface area contributed by atoms with Crippen molar-refractivity contribution < 1.29 is 17.9 Å². The molecule has 0 aliphatic rings. The minimum Gasteiger partial charge on any atom is -0.491 e. The molecule has 0 aliphatic heterocycles. The number of rotatable bonds is 6. The van der Waals surface area contributed by atoms with Gasteiger partial charge in [-0.2, -0.15) is 13.2 Å². The van der Waals surface area contributed by atoms with E-state index in [1.54, 1.807) is 7.05 Å². The van der Waals surface area contributed by atoms with Crippen LogP contribution in [0, 0.1) is 0 Å². The Morgan fingerprint density at radius 3 is 2.68 bits per heavy atom. The molecule has 0 spiro atoms. The summed E-state index contributed by atoms with van der Waals surface area (Å²) in [6, 6.07) is 10.7. The minimum absolute atomic E-state index is 0.0433. The molecule has 0 aliphatic carbocycles. The number of benzene rings is 1. The topological polar surface area (TPSA) is 75.8 Å². The maximum Gasteiger partial charge on any atom is 0.419 e. The van der Waals surface area contributed by atoms with Crippen LogP contribution in [0.2, 0.25) is 0 Å². The second-order valence-electron chi connectivity index (χ2n) is 5.74. The lowest BCUT2D eigenvalue weighted by atomic mass is 10.2. The molecule has 0 saturated heterocycles. The van der Waals surface area contributed by atoms with Crippen LogP contribution in [0.15, 0.2) is 53.7 Å². The lowest BCUT2D eigenvalue weighted by molar-refractivity contribution is -0.138. The number of hydrogen-bond donors (Lipinski definition) is 2. The predicted molar refractivity (Wildman–Crippen MR) is 98.1 cm³/mol. The first-order chi connectivity index (χ1) is 13.5. The van der Waals surface area contributed by atoms with Crippen molar-refractivity contribution in [2.75, 3.05) is 20.2 Å². The predicted octanol–water partition coefficient (Wildman–Crippen LogP) is 2.49. The van der Waals surface area contributed by atoms with Gasteiger partial charge in [0.05, 0.1) is 18.7 Å². The smallest absolute Gasteiger partial charge is 0.419 e. The number of para-hydroxylation sites is 1. The second kappa shape index (κ2) is 8.59. The van der Waals surface area contributed by atoms with Gasteiger partial charge in [-0.3, -0.25) is 9.39 Å². The Morgan fingerprint density at radius 1 is 1.11 bits per heavy atom. The summed E-state index contributed by atoms with van der Waals surface area (Å²) in [5.41, 5.74) is -0.0600. The highest BCUT2D eigenvalue weighted by Crippen LogP contribution is 2.35. The molecule has 0 amide bonds. The molecule has 0 radical (unpaired) electrons. The molecular weight excluding hydrogens is 373 g/mol. The number of nitrogens with zero attached hydrogens (tertiary/aromatic N) is 4. The summed E-state index contributed by atoms with van der Waals surface area (Å²) in [6.45, 7) is 0.691. The average Bonchev–Trinajstić information content (AvgIpc) is 3.10. The number of fused-ring (bicyclic) bond motifs is 1. The Kier molecular flexibility index (Phi) is 5.97. The Labute approximate surface area is 159 Å². The summed E-state index contributed by atoms with van der Waals surface area (Å²) < 4.78 is 46.0. The molecule has 7 nitrogen and oxygen atoms in total. The first-order valence-corrected chi connectivity index (χ1v) is 8.51. The molecule has 28 heavy (non-hydrogen) atoms. The molecule has 2 N–H and O–H groups in total. The fraction of sp³-hybridized carbons (Fsp3) is 0.278. The Bertz CT molecular complexity index is 954. The number of guanidine groups is 1. The van der Waals surface area contributed by atoms with E-state index in [-0.39, 0.29) is 18.9 Å². The zero-order valence-corrected chi connectivity index (χ0v) is 15.1. The minimum atomic E-state index is -4.46. The maximum atomic E-state index is 12.9. The fourth-order valence-corrected chi connectivity index (χ4v) is 2.55. The van der Waals surface area contributed by atoms with Crippen LogP contribution in [0.4, 0.5) is 13.2 Å². The molecule has 148 valence electrons. The molecule has 1 aromatic carbocycles. The molecule has 2 aromatic heterocycles. The van der Waals surface area contributed by atoms with Crippen molar-refractivity contribution in [1.82, 2.24) is 25.2 Å². The van der Waals surface area contributed by atoms with E-state index in [2.05, 4.69) is 25.8 Å². The van der Waals surface area contributed by atoms with Crippen LogP contribution in [0.25, 0.3) is 5.65 Å². The largest absolute Gasteiger partial charge is 0.491 e. The molecule has 2 heterocycles. The van der Waals surface area contributed by atoms with Crippen molar-refractivity contribution in [3.05, 3.63) is 60.0 Å². The number of aromatic nitrogens is 3. The van der Waals surface area contributed by atoms with Crippen LogP contribution in [0.3, 0.4) is 0 Å².